The summed E-state index contributed by atoms with van der Waals surface area (Å²) in [6, 6.07) is 7.32. The number of hydrogen-bond acceptors (Lipinski definition) is 6. The van der Waals surface area contributed by atoms with Gasteiger partial charge in [0.05, 0.1) is 13.7 Å². The number of aromatic nitrogens is 2. The number of aldehydes is 1. The Kier molecular flexibility index (Phi) is 4.35. The third-order valence-electron chi connectivity index (χ3n) is 3.68. The maximum Gasteiger partial charge on any atom is 0.350 e. The predicted molar refractivity (Wildman–Crippen MR) is 91.1 cm³/mol. The van der Waals surface area contributed by atoms with Crippen molar-refractivity contribution in [3.8, 4) is 17.0 Å². The molecule has 2 aromatic heterocycles. The van der Waals surface area contributed by atoms with E-state index in [1.165, 1.54) is 11.3 Å². The van der Waals surface area contributed by atoms with Crippen molar-refractivity contribution in [3.05, 3.63) is 40.5 Å². The van der Waals surface area contributed by atoms with Crippen LogP contribution in [0.25, 0.3) is 16.2 Å². The van der Waals surface area contributed by atoms with E-state index in [1.54, 1.807) is 25.4 Å². The largest absolute Gasteiger partial charge is 0.497 e. The van der Waals surface area contributed by atoms with E-state index in [2.05, 4.69) is 4.98 Å². The van der Waals surface area contributed by atoms with Gasteiger partial charge in [-0.15, -0.1) is 0 Å². The van der Waals surface area contributed by atoms with Gasteiger partial charge in [0.2, 0.25) is 0 Å². The molecule has 3 rings (SSSR count). The molecule has 0 amide bonds. The molecule has 0 aliphatic heterocycles. The van der Waals surface area contributed by atoms with Crippen molar-refractivity contribution >= 4 is 28.6 Å². The van der Waals surface area contributed by atoms with Crippen molar-refractivity contribution in [2.24, 2.45) is 0 Å². The molecule has 0 bridgehead atoms. The van der Waals surface area contributed by atoms with Gasteiger partial charge in [-0.05, 0) is 38.1 Å². The summed E-state index contributed by atoms with van der Waals surface area (Å²) in [5.74, 6) is 0.335. The van der Waals surface area contributed by atoms with Crippen molar-refractivity contribution in [2.75, 3.05) is 13.7 Å². The molecule has 0 N–H and O–H groups in total. The number of carbonyl (C=O) groups is 2. The summed E-state index contributed by atoms with van der Waals surface area (Å²) in [4.78, 5) is 29.2. The molecule has 6 nitrogen and oxygen atoms in total. The van der Waals surface area contributed by atoms with E-state index in [1.807, 2.05) is 24.3 Å². The first kappa shape index (κ1) is 16.2. The minimum Gasteiger partial charge on any atom is -0.497 e. The first-order valence-corrected chi connectivity index (χ1v) is 8.20. The van der Waals surface area contributed by atoms with Crippen LogP contribution in [0.5, 0.6) is 5.75 Å². The highest BCUT2D eigenvalue weighted by molar-refractivity contribution is 7.19. The average molecular weight is 344 g/mol. The zero-order chi connectivity index (χ0) is 17.3. The van der Waals surface area contributed by atoms with Gasteiger partial charge in [-0.3, -0.25) is 9.20 Å². The first-order valence-electron chi connectivity index (χ1n) is 7.39. The highest BCUT2D eigenvalue weighted by Crippen LogP contribution is 2.31. The van der Waals surface area contributed by atoms with E-state index in [0.29, 0.717) is 33.5 Å². The van der Waals surface area contributed by atoms with Crippen LogP contribution in [0.2, 0.25) is 0 Å². The molecule has 0 saturated heterocycles. The van der Waals surface area contributed by atoms with Crippen LogP contribution in [0.4, 0.5) is 0 Å². The molecule has 0 aliphatic rings. The van der Waals surface area contributed by atoms with Gasteiger partial charge in [0.1, 0.15) is 22.0 Å². The van der Waals surface area contributed by atoms with Gasteiger partial charge in [0.25, 0.3) is 0 Å². The molecule has 24 heavy (non-hydrogen) atoms. The van der Waals surface area contributed by atoms with Crippen LogP contribution in [-0.4, -0.2) is 35.4 Å². The average Bonchev–Trinajstić information content (AvgIpc) is 3.12. The van der Waals surface area contributed by atoms with Crippen molar-refractivity contribution < 1.29 is 19.1 Å². The van der Waals surface area contributed by atoms with Gasteiger partial charge in [0, 0.05) is 11.3 Å². The SMILES string of the molecule is CCOC(=O)c1sc2nc(-c3ccc(OC)cc3)c(C=O)n2c1C. The fourth-order valence-corrected chi connectivity index (χ4v) is 3.55. The minimum absolute atomic E-state index is 0.302. The Morgan fingerprint density at radius 2 is 2.04 bits per heavy atom. The summed E-state index contributed by atoms with van der Waals surface area (Å²) in [6.45, 7) is 3.84. The maximum absolute atomic E-state index is 12.0. The standard InChI is InChI=1S/C17H16N2O4S/c1-4-23-16(21)15-10(2)19-13(9-20)14(18-17(19)24-15)11-5-7-12(22-3)8-6-11/h5-9H,4H2,1-3H3. The predicted octanol–water partition coefficient (Wildman–Crippen LogP) is 3.37. The van der Waals surface area contributed by atoms with Gasteiger partial charge in [-0.1, -0.05) is 11.3 Å². The van der Waals surface area contributed by atoms with Gasteiger partial charge in [-0.25, -0.2) is 9.78 Å². The number of carbonyl (C=O) groups excluding carboxylic acids is 2. The molecule has 0 unspecified atom stereocenters. The number of esters is 1. The van der Waals surface area contributed by atoms with E-state index in [4.69, 9.17) is 9.47 Å². The summed E-state index contributed by atoms with van der Waals surface area (Å²) in [5.41, 5.74) is 2.46. The summed E-state index contributed by atoms with van der Waals surface area (Å²) in [6.07, 6.45) is 0.758. The number of thiazole rings is 1. The maximum atomic E-state index is 12.0. The van der Waals surface area contributed by atoms with Crippen molar-refractivity contribution in [3.63, 3.8) is 0 Å². The van der Waals surface area contributed by atoms with E-state index in [-0.39, 0.29) is 0 Å². The molecule has 0 atom stereocenters. The molecular weight excluding hydrogens is 328 g/mol. The smallest absolute Gasteiger partial charge is 0.350 e. The van der Waals surface area contributed by atoms with Crippen LogP contribution >= 0.6 is 11.3 Å². The number of imidazole rings is 1. The number of nitrogens with zero attached hydrogens (tertiary/aromatic N) is 2. The van der Waals surface area contributed by atoms with Crippen LogP contribution in [0.1, 0.15) is 32.8 Å². The van der Waals surface area contributed by atoms with Crippen molar-refractivity contribution in [2.45, 2.75) is 13.8 Å². The number of methoxy groups -OCH3 is 1. The highest BCUT2D eigenvalue weighted by Gasteiger charge is 2.23. The molecule has 2 heterocycles. The second kappa shape index (κ2) is 6.45. The molecule has 0 radical (unpaired) electrons. The number of fused-ring (bicyclic) bond motifs is 1. The number of benzene rings is 1. The molecule has 124 valence electrons. The Balaban J connectivity index is 2.13. The lowest BCUT2D eigenvalue weighted by atomic mass is 10.1. The summed E-state index contributed by atoms with van der Waals surface area (Å²) in [5, 5.41) is 0. The Hall–Kier alpha value is -2.67. The number of ether oxygens (including phenoxy) is 2. The van der Waals surface area contributed by atoms with Crippen LogP contribution in [0.15, 0.2) is 24.3 Å². The molecule has 0 aliphatic carbocycles. The number of rotatable bonds is 5. The quantitative estimate of drug-likeness (QED) is 0.524. The normalized spacial score (nSPS) is 10.8. The summed E-state index contributed by atoms with van der Waals surface area (Å²) in [7, 11) is 1.60. The summed E-state index contributed by atoms with van der Waals surface area (Å²) < 4.78 is 11.9. The second-order valence-corrected chi connectivity index (χ2v) is 6.02. The Morgan fingerprint density at radius 3 is 2.62 bits per heavy atom. The molecule has 3 aromatic rings. The Morgan fingerprint density at radius 1 is 1.33 bits per heavy atom. The second-order valence-electron chi connectivity index (χ2n) is 5.05. The van der Waals surface area contributed by atoms with Gasteiger partial charge in [-0.2, -0.15) is 0 Å². The highest BCUT2D eigenvalue weighted by atomic mass is 32.1. The zero-order valence-corrected chi connectivity index (χ0v) is 14.3. The van der Waals surface area contributed by atoms with Gasteiger partial charge >= 0.3 is 5.97 Å². The third kappa shape index (κ3) is 2.56. The topological polar surface area (TPSA) is 69.9 Å². The lowest BCUT2D eigenvalue weighted by molar-refractivity contribution is 0.0530. The van der Waals surface area contributed by atoms with Crippen LogP contribution in [0, 0.1) is 6.92 Å². The molecule has 0 saturated carbocycles. The van der Waals surface area contributed by atoms with Gasteiger partial charge < -0.3 is 9.47 Å². The minimum atomic E-state index is -0.395. The van der Waals surface area contributed by atoms with E-state index in [0.717, 1.165) is 17.6 Å². The fraction of sp³-hybridized carbons (Fsp3) is 0.235. The fourth-order valence-electron chi connectivity index (χ4n) is 2.53. The lowest BCUT2D eigenvalue weighted by Crippen LogP contribution is -2.05. The third-order valence-corrected chi connectivity index (χ3v) is 4.80. The van der Waals surface area contributed by atoms with Crippen LogP contribution < -0.4 is 4.74 Å². The van der Waals surface area contributed by atoms with E-state index in [9.17, 15) is 9.59 Å². The van der Waals surface area contributed by atoms with E-state index >= 15 is 0 Å². The lowest BCUT2D eigenvalue weighted by Gasteiger charge is -2.03. The molecule has 0 spiro atoms. The Labute approximate surface area is 142 Å². The van der Waals surface area contributed by atoms with Crippen molar-refractivity contribution in [1.29, 1.82) is 0 Å². The molecular formula is C17H16N2O4S. The molecule has 0 fully saturated rings. The first-order chi connectivity index (χ1) is 11.6. The molecule has 7 heteroatoms. The molecule has 1 aromatic carbocycles. The monoisotopic (exact) mass is 344 g/mol. The Bertz CT molecular complexity index is 909. The van der Waals surface area contributed by atoms with Crippen molar-refractivity contribution in [1.82, 2.24) is 9.38 Å². The van der Waals surface area contributed by atoms with Gasteiger partial charge in [0.15, 0.2) is 11.2 Å². The number of hydrogen-bond donors (Lipinski definition) is 0. The zero-order valence-electron chi connectivity index (χ0n) is 13.5. The summed E-state index contributed by atoms with van der Waals surface area (Å²) >= 11 is 1.22. The van der Waals surface area contributed by atoms with Crippen LogP contribution in [0.3, 0.4) is 0 Å². The van der Waals surface area contributed by atoms with E-state index < -0.39 is 5.97 Å². The number of aryl methyl sites for hydroxylation is 1. The van der Waals surface area contributed by atoms with Crippen LogP contribution in [-0.2, 0) is 4.74 Å².